The van der Waals surface area contributed by atoms with Crippen LogP contribution < -0.4 is 15.6 Å². The predicted molar refractivity (Wildman–Crippen MR) is 141 cm³/mol. The molecular formula is C25H21Cl2N3O5S. The highest BCUT2D eigenvalue weighted by Gasteiger charge is 2.32. The van der Waals surface area contributed by atoms with Crippen LogP contribution in [-0.2, 0) is 9.53 Å². The molecule has 2 aromatic heterocycles. The van der Waals surface area contributed by atoms with E-state index < -0.39 is 23.0 Å². The fourth-order valence-electron chi connectivity index (χ4n) is 3.37. The number of rotatable bonds is 7. The molecule has 0 aliphatic rings. The monoisotopic (exact) mass is 545 g/mol. The minimum Gasteiger partial charge on any atom is -0.478 e. The van der Waals surface area contributed by atoms with Gasteiger partial charge in [-0.1, -0.05) is 29.3 Å². The third-order valence-electron chi connectivity index (χ3n) is 5.13. The van der Waals surface area contributed by atoms with Crippen LogP contribution in [-0.4, -0.2) is 33.9 Å². The number of fused-ring (bicyclic) bond motifs is 1. The smallest absolute Gasteiger partial charge is 0.359 e. The van der Waals surface area contributed by atoms with Crippen LogP contribution in [0.3, 0.4) is 0 Å². The van der Waals surface area contributed by atoms with E-state index in [4.69, 9.17) is 32.7 Å². The van der Waals surface area contributed by atoms with Crippen molar-refractivity contribution in [1.82, 2.24) is 9.78 Å². The van der Waals surface area contributed by atoms with Crippen molar-refractivity contribution in [2.75, 3.05) is 11.9 Å². The molecule has 4 aromatic rings. The summed E-state index contributed by atoms with van der Waals surface area (Å²) in [5, 5.41) is 10.2. The second kappa shape index (κ2) is 10.3. The largest absolute Gasteiger partial charge is 0.478 e. The summed E-state index contributed by atoms with van der Waals surface area (Å²) in [6.45, 7) is 5.00. The number of halogens is 2. The molecular weight excluding hydrogens is 525 g/mol. The molecule has 8 nitrogen and oxygen atoms in total. The Hall–Kier alpha value is -3.40. The third kappa shape index (κ3) is 5.23. The average molecular weight is 546 g/mol. The van der Waals surface area contributed by atoms with Crippen molar-refractivity contribution < 1.29 is 19.1 Å². The number of anilines is 1. The second-order valence-electron chi connectivity index (χ2n) is 8.14. The van der Waals surface area contributed by atoms with E-state index in [2.05, 4.69) is 10.4 Å². The number of nitrogens with zero attached hydrogens (tertiary/aromatic N) is 2. The van der Waals surface area contributed by atoms with Gasteiger partial charge in [0.2, 0.25) is 0 Å². The second-order valence-corrected chi connectivity index (χ2v) is 9.89. The topological polar surface area (TPSA) is 99.5 Å². The van der Waals surface area contributed by atoms with Gasteiger partial charge in [-0.15, -0.1) is 11.3 Å². The van der Waals surface area contributed by atoms with Crippen molar-refractivity contribution in [2.24, 2.45) is 0 Å². The summed E-state index contributed by atoms with van der Waals surface area (Å²) in [7, 11) is 0. The zero-order chi connectivity index (χ0) is 26.0. The highest BCUT2D eigenvalue weighted by atomic mass is 35.5. The fourth-order valence-corrected chi connectivity index (χ4v) is 4.61. The van der Waals surface area contributed by atoms with Gasteiger partial charge < -0.3 is 14.8 Å². The number of benzene rings is 2. The van der Waals surface area contributed by atoms with Crippen molar-refractivity contribution in [1.29, 1.82) is 0 Å². The van der Waals surface area contributed by atoms with E-state index in [1.54, 1.807) is 74.7 Å². The van der Waals surface area contributed by atoms with Crippen LogP contribution in [0.4, 0.5) is 5.00 Å². The van der Waals surface area contributed by atoms with Gasteiger partial charge in [0.1, 0.15) is 10.8 Å². The maximum absolute atomic E-state index is 13.5. The number of carbonyl (C=O) groups is 2. The van der Waals surface area contributed by atoms with Crippen LogP contribution in [0.5, 0.6) is 5.75 Å². The molecule has 0 saturated carbocycles. The van der Waals surface area contributed by atoms with E-state index in [1.165, 1.54) is 0 Å². The van der Waals surface area contributed by atoms with Gasteiger partial charge in [0, 0.05) is 20.8 Å². The van der Waals surface area contributed by atoms with Gasteiger partial charge in [-0.05, 0) is 63.2 Å². The Kier molecular flexibility index (Phi) is 7.35. The standard InChI is InChI=1S/C25H21Cl2N3O5S/c1-4-34-23(32)20-18-13-36-21(19(18)22(31)30(29-20)16-7-5-6-15(27)12-16)28-24(33)25(2,3)35-17-10-8-14(26)9-11-17/h5-13H,4H2,1-3H3,(H,28,33). The lowest BCUT2D eigenvalue weighted by Crippen LogP contribution is -2.42. The van der Waals surface area contributed by atoms with Gasteiger partial charge in [0.25, 0.3) is 11.5 Å². The van der Waals surface area contributed by atoms with Gasteiger partial charge in [0.05, 0.1) is 17.7 Å². The molecule has 0 spiro atoms. The maximum atomic E-state index is 13.5. The average Bonchev–Trinajstić information content (AvgIpc) is 3.25. The Morgan fingerprint density at radius 1 is 1.11 bits per heavy atom. The molecule has 2 aromatic carbocycles. The number of nitrogens with one attached hydrogen (secondary N) is 1. The summed E-state index contributed by atoms with van der Waals surface area (Å²) in [6.07, 6.45) is 0. The van der Waals surface area contributed by atoms with Crippen molar-refractivity contribution in [3.63, 3.8) is 0 Å². The van der Waals surface area contributed by atoms with Crippen molar-refractivity contribution in [2.45, 2.75) is 26.4 Å². The number of amides is 1. The van der Waals surface area contributed by atoms with Gasteiger partial charge in [-0.3, -0.25) is 9.59 Å². The van der Waals surface area contributed by atoms with Crippen LogP contribution in [0, 0.1) is 0 Å². The van der Waals surface area contributed by atoms with Gasteiger partial charge in [0.15, 0.2) is 11.3 Å². The molecule has 4 rings (SSSR count). The SMILES string of the molecule is CCOC(=O)c1nn(-c2cccc(Cl)c2)c(=O)c2c(NC(=O)C(C)(C)Oc3ccc(Cl)cc3)scc12. The van der Waals surface area contributed by atoms with E-state index in [-0.39, 0.29) is 28.1 Å². The molecule has 1 N–H and O–H groups in total. The van der Waals surface area contributed by atoms with E-state index in [0.29, 0.717) is 21.5 Å². The van der Waals surface area contributed by atoms with E-state index in [9.17, 15) is 14.4 Å². The lowest BCUT2D eigenvalue weighted by atomic mass is 10.1. The molecule has 0 unspecified atom stereocenters. The molecule has 36 heavy (non-hydrogen) atoms. The number of carbonyl (C=O) groups excluding carboxylic acids is 2. The van der Waals surface area contributed by atoms with Crippen molar-refractivity contribution in [3.8, 4) is 11.4 Å². The molecule has 0 fully saturated rings. The van der Waals surface area contributed by atoms with E-state index in [0.717, 1.165) is 16.0 Å². The minimum atomic E-state index is -1.30. The summed E-state index contributed by atoms with van der Waals surface area (Å²) in [4.78, 5) is 39.4. The summed E-state index contributed by atoms with van der Waals surface area (Å²) in [5.74, 6) is -0.738. The Bertz CT molecular complexity index is 1510. The molecule has 0 aliphatic heterocycles. The lowest BCUT2D eigenvalue weighted by Gasteiger charge is -2.25. The quantitative estimate of drug-likeness (QED) is 0.298. The fraction of sp³-hybridized carbons (Fsp3) is 0.200. The molecule has 186 valence electrons. The maximum Gasteiger partial charge on any atom is 0.359 e. The number of hydrogen-bond acceptors (Lipinski definition) is 7. The number of thiophene rings is 1. The molecule has 1 amide bonds. The summed E-state index contributed by atoms with van der Waals surface area (Å²) in [5.41, 5.74) is -1.53. The predicted octanol–water partition coefficient (Wildman–Crippen LogP) is 5.73. The first-order valence-electron chi connectivity index (χ1n) is 10.8. The Morgan fingerprint density at radius 3 is 2.50 bits per heavy atom. The molecule has 2 heterocycles. The van der Waals surface area contributed by atoms with Crippen LogP contribution >= 0.6 is 34.5 Å². The summed E-state index contributed by atoms with van der Waals surface area (Å²) >= 11 is 13.1. The first kappa shape index (κ1) is 25.7. The number of ether oxygens (including phenoxy) is 2. The first-order valence-corrected chi connectivity index (χ1v) is 12.5. The highest BCUT2D eigenvalue weighted by molar-refractivity contribution is 7.16. The molecule has 0 radical (unpaired) electrons. The number of esters is 1. The van der Waals surface area contributed by atoms with Gasteiger partial charge in [-0.25, -0.2) is 4.79 Å². The number of aromatic nitrogens is 2. The van der Waals surface area contributed by atoms with Crippen LogP contribution in [0.1, 0.15) is 31.3 Å². The number of hydrogen-bond donors (Lipinski definition) is 1. The van der Waals surface area contributed by atoms with Gasteiger partial charge in [-0.2, -0.15) is 9.78 Å². The van der Waals surface area contributed by atoms with Crippen LogP contribution in [0.25, 0.3) is 16.5 Å². The molecule has 0 aliphatic carbocycles. The molecule has 0 atom stereocenters. The van der Waals surface area contributed by atoms with Crippen molar-refractivity contribution >= 4 is 62.2 Å². The minimum absolute atomic E-state index is 0.0557. The highest BCUT2D eigenvalue weighted by Crippen LogP contribution is 2.32. The van der Waals surface area contributed by atoms with E-state index >= 15 is 0 Å². The zero-order valence-corrected chi connectivity index (χ0v) is 21.8. The molecule has 0 saturated heterocycles. The van der Waals surface area contributed by atoms with Gasteiger partial charge >= 0.3 is 5.97 Å². The summed E-state index contributed by atoms with van der Waals surface area (Å²) in [6, 6.07) is 13.1. The normalized spacial score (nSPS) is 11.4. The summed E-state index contributed by atoms with van der Waals surface area (Å²) < 4.78 is 12.1. The third-order valence-corrected chi connectivity index (χ3v) is 6.52. The van der Waals surface area contributed by atoms with Crippen molar-refractivity contribution in [3.05, 3.63) is 80.0 Å². The lowest BCUT2D eigenvalue weighted by molar-refractivity contribution is -0.128. The van der Waals surface area contributed by atoms with Crippen LogP contribution in [0.15, 0.2) is 58.7 Å². The molecule has 0 bridgehead atoms. The zero-order valence-electron chi connectivity index (χ0n) is 19.5. The van der Waals surface area contributed by atoms with Crippen LogP contribution in [0.2, 0.25) is 10.0 Å². The Morgan fingerprint density at radius 2 is 1.83 bits per heavy atom. The molecule has 11 heteroatoms. The first-order chi connectivity index (χ1) is 17.1. The Labute approximate surface area is 220 Å². The van der Waals surface area contributed by atoms with E-state index in [1.807, 2.05) is 0 Å². The Balaban J connectivity index is 1.78.